The summed E-state index contributed by atoms with van der Waals surface area (Å²) in [5.74, 6) is 0.192. The number of fused-ring (bicyclic) bond motifs is 1. The maximum Gasteiger partial charge on any atom is 0.262 e. The average molecular weight is 486 g/mol. The number of ether oxygens (including phenoxy) is 1. The lowest BCUT2D eigenvalue weighted by Crippen LogP contribution is -2.37. The Labute approximate surface area is 202 Å². The van der Waals surface area contributed by atoms with Crippen LogP contribution in [-0.4, -0.2) is 44.9 Å². The van der Waals surface area contributed by atoms with Crippen molar-refractivity contribution >= 4 is 40.2 Å². The number of nitrogens with zero attached hydrogens (tertiary/aromatic N) is 3. The van der Waals surface area contributed by atoms with Gasteiger partial charge in [0, 0.05) is 24.2 Å². The van der Waals surface area contributed by atoms with E-state index in [-0.39, 0.29) is 29.4 Å². The minimum Gasteiger partial charge on any atom is -0.376 e. The van der Waals surface area contributed by atoms with Crippen molar-refractivity contribution in [2.45, 2.75) is 57.1 Å². The van der Waals surface area contributed by atoms with Gasteiger partial charge < -0.3 is 9.64 Å². The van der Waals surface area contributed by atoms with Crippen molar-refractivity contribution in [1.82, 2.24) is 14.5 Å². The first kappa shape index (κ1) is 23.8. The average Bonchev–Trinajstić information content (AvgIpc) is 3.31. The molecule has 0 bridgehead atoms. The molecule has 1 unspecified atom stereocenters. The van der Waals surface area contributed by atoms with Crippen molar-refractivity contribution in [1.29, 1.82) is 0 Å². The lowest BCUT2D eigenvalue weighted by atomic mass is 10.2. The first-order valence-corrected chi connectivity index (χ1v) is 12.6. The van der Waals surface area contributed by atoms with Crippen molar-refractivity contribution in [2.75, 3.05) is 12.4 Å². The molecule has 1 aliphatic heterocycles. The smallest absolute Gasteiger partial charge is 0.262 e. The highest BCUT2D eigenvalue weighted by molar-refractivity contribution is 7.99. The first-order valence-electron chi connectivity index (χ1n) is 11.2. The normalized spacial score (nSPS) is 15.9. The van der Waals surface area contributed by atoms with E-state index in [2.05, 4.69) is 0 Å². The molecule has 1 aliphatic rings. The van der Waals surface area contributed by atoms with E-state index >= 15 is 0 Å². The first-order chi connectivity index (χ1) is 15.9. The van der Waals surface area contributed by atoms with E-state index in [1.54, 1.807) is 22.8 Å². The van der Waals surface area contributed by atoms with E-state index in [4.69, 9.17) is 21.3 Å². The fraction of sp³-hybridized carbons (Fsp3) is 0.400. The highest BCUT2D eigenvalue weighted by Crippen LogP contribution is 2.23. The molecular weight excluding hydrogens is 458 g/mol. The highest BCUT2D eigenvalue weighted by Gasteiger charge is 2.22. The zero-order valence-corrected chi connectivity index (χ0v) is 20.4. The predicted octanol–water partition coefficient (Wildman–Crippen LogP) is 4.76. The molecule has 1 fully saturated rings. The van der Waals surface area contributed by atoms with Crippen LogP contribution in [0.5, 0.6) is 0 Å². The van der Waals surface area contributed by atoms with Crippen molar-refractivity contribution < 1.29 is 9.53 Å². The van der Waals surface area contributed by atoms with E-state index in [0.29, 0.717) is 40.8 Å². The van der Waals surface area contributed by atoms with Gasteiger partial charge in [0.1, 0.15) is 0 Å². The summed E-state index contributed by atoms with van der Waals surface area (Å²) in [6.07, 6.45) is 1.88. The third kappa shape index (κ3) is 5.78. The molecule has 0 radical (unpaired) electrons. The van der Waals surface area contributed by atoms with Crippen LogP contribution in [-0.2, 0) is 22.6 Å². The van der Waals surface area contributed by atoms with Crippen LogP contribution in [0.3, 0.4) is 0 Å². The third-order valence-electron chi connectivity index (χ3n) is 5.76. The molecule has 0 saturated carbocycles. The molecule has 4 rings (SSSR count). The van der Waals surface area contributed by atoms with Gasteiger partial charge in [-0.15, -0.1) is 0 Å². The van der Waals surface area contributed by atoms with Gasteiger partial charge >= 0.3 is 0 Å². The van der Waals surface area contributed by atoms with Crippen LogP contribution in [0, 0.1) is 0 Å². The highest BCUT2D eigenvalue weighted by atomic mass is 35.5. The van der Waals surface area contributed by atoms with E-state index in [0.717, 1.165) is 18.4 Å². The van der Waals surface area contributed by atoms with E-state index in [1.165, 1.54) is 11.8 Å². The number of carbonyl (C=O) groups is 1. The molecule has 0 aliphatic carbocycles. The number of hydrogen-bond acceptors (Lipinski definition) is 5. The summed E-state index contributed by atoms with van der Waals surface area (Å²) in [7, 11) is 0. The fourth-order valence-electron chi connectivity index (χ4n) is 3.99. The van der Waals surface area contributed by atoms with E-state index in [9.17, 15) is 9.59 Å². The summed E-state index contributed by atoms with van der Waals surface area (Å²) in [4.78, 5) is 33.0. The molecule has 33 heavy (non-hydrogen) atoms. The number of rotatable bonds is 8. The summed E-state index contributed by atoms with van der Waals surface area (Å²) in [6, 6.07) is 15.1. The molecule has 1 atom stereocenters. The lowest BCUT2D eigenvalue weighted by molar-refractivity contribution is -0.130. The summed E-state index contributed by atoms with van der Waals surface area (Å²) in [5.41, 5.74) is 1.49. The summed E-state index contributed by atoms with van der Waals surface area (Å²) in [5, 5.41) is 1.55. The van der Waals surface area contributed by atoms with Gasteiger partial charge in [-0.2, -0.15) is 0 Å². The van der Waals surface area contributed by atoms with Crippen LogP contribution in [0.1, 0.15) is 32.3 Å². The molecule has 174 valence electrons. The Morgan fingerprint density at radius 2 is 2.06 bits per heavy atom. The fourth-order valence-corrected chi connectivity index (χ4v) is 5.05. The van der Waals surface area contributed by atoms with Crippen molar-refractivity contribution in [3.63, 3.8) is 0 Å². The molecule has 1 aromatic heterocycles. The van der Waals surface area contributed by atoms with E-state index < -0.39 is 0 Å². The quantitative estimate of drug-likeness (QED) is 0.340. The van der Waals surface area contributed by atoms with Gasteiger partial charge in [0.15, 0.2) is 5.16 Å². The standard InChI is InChI=1S/C25H28ClN3O3S/c1-17(2)28(14-18-7-4-3-5-8-18)23(30)16-33-25-27-22-13-19(26)10-11-21(22)24(31)29(25)15-20-9-6-12-32-20/h3-5,7-8,10-11,13,17,20H,6,9,12,14-16H2,1-2H3. The Bertz CT molecular complexity index is 1180. The van der Waals surface area contributed by atoms with Gasteiger partial charge in [0.25, 0.3) is 5.56 Å². The van der Waals surface area contributed by atoms with Crippen LogP contribution >= 0.6 is 23.4 Å². The van der Waals surface area contributed by atoms with Crippen LogP contribution in [0.25, 0.3) is 10.9 Å². The van der Waals surface area contributed by atoms with Gasteiger partial charge in [-0.1, -0.05) is 53.7 Å². The molecular formula is C25H28ClN3O3S. The number of hydrogen-bond donors (Lipinski definition) is 0. The second-order valence-corrected chi connectivity index (χ2v) is 9.88. The number of carbonyl (C=O) groups excluding carboxylic acids is 1. The molecule has 1 saturated heterocycles. The van der Waals surface area contributed by atoms with Gasteiger partial charge in [-0.05, 0) is 50.5 Å². The Balaban J connectivity index is 1.59. The predicted molar refractivity (Wildman–Crippen MR) is 133 cm³/mol. The second kappa shape index (κ2) is 10.7. The van der Waals surface area contributed by atoms with Gasteiger partial charge in [0.05, 0.1) is 29.3 Å². The van der Waals surface area contributed by atoms with Gasteiger partial charge in [-0.3, -0.25) is 14.2 Å². The van der Waals surface area contributed by atoms with Crippen LogP contribution in [0.15, 0.2) is 58.5 Å². The number of benzene rings is 2. The van der Waals surface area contributed by atoms with Gasteiger partial charge in [-0.25, -0.2) is 4.98 Å². The molecule has 8 heteroatoms. The number of halogens is 1. The molecule has 0 spiro atoms. The maximum absolute atomic E-state index is 13.3. The zero-order valence-electron chi connectivity index (χ0n) is 18.9. The summed E-state index contributed by atoms with van der Waals surface area (Å²) >= 11 is 7.44. The molecule has 6 nitrogen and oxygen atoms in total. The number of aromatic nitrogens is 2. The van der Waals surface area contributed by atoms with Crippen molar-refractivity contribution in [3.8, 4) is 0 Å². The molecule has 2 heterocycles. The minimum atomic E-state index is -0.132. The van der Waals surface area contributed by atoms with Crippen molar-refractivity contribution in [2.24, 2.45) is 0 Å². The van der Waals surface area contributed by atoms with Gasteiger partial charge in [0.2, 0.25) is 5.91 Å². The summed E-state index contributed by atoms with van der Waals surface area (Å²) < 4.78 is 7.42. The SMILES string of the molecule is CC(C)N(Cc1ccccc1)C(=O)CSc1nc2cc(Cl)ccc2c(=O)n1CC1CCCO1. The Morgan fingerprint density at radius 3 is 2.76 bits per heavy atom. The topological polar surface area (TPSA) is 64.4 Å². The molecule has 1 amide bonds. The molecule has 0 N–H and O–H groups in total. The Kier molecular flexibility index (Phi) is 7.73. The molecule has 3 aromatic rings. The maximum atomic E-state index is 13.3. The third-order valence-corrected chi connectivity index (χ3v) is 6.95. The number of amides is 1. The summed E-state index contributed by atoms with van der Waals surface area (Å²) in [6.45, 7) is 5.70. The minimum absolute atomic E-state index is 0.00274. The van der Waals surface area contributed by atoms with Crippen LogP contribution < -0.4 is 5.56 Å². The second-order valence-electron chi connectivity index (χ2n) is 8.50. The Hall–Kier alpha value is -2.35. The van der Waals surface area contributed by atoms with Crippen molar-refractivity contribution in [3.05, 3.63) is 69.5 Å². The Morgan fingerprint density at radius 1 is 1.27 bits per heavy atom. The largest absolute Gasteiger partial charge is 0.376 e. The lowest BCUT2D eigenvalue weighted by Gasteiger charge is -2.27. The van der Waals surface area contributed by atoms with Crippen LogP contribution in [0.2, 0.25) is 5.02 Å². The molecule has 2 aromatic carbocycles. The van der Waals surface area contributed by atoms with E-state index in [1.807, 2.05) is 49.1 Å². The zero-order chi connectivity index (χ0) is 23.4. The number of thioether (sulfide) groups is 1. The monoisotopic (exact) mass is 485 g/mol. The van der Waals surface area contributed by atoms with Crippen LogP contribution in [0.4, 0.5) is 0 Å².